The molecular formula is C18H24N2O4. The van der Waals surface area contributed by atoms with E-state index >= 15 is 0 Å². The Balaban J connectivity index is 2.03. The molecule has 1 fully saturated rings. The van der Waals surface area contributed by atoms with Gasteiger partial charge in [-0.1, -0.05) is 18.2 Å². The first-order valence-corrected chi connectivity index (χ1v) is 8.15. The zero-order chi connectivity index (χ0) is 17.4. The number of para-hydroxylation sites is 1. The molecule has 0 aromatic heterocycles. The van der Waals surface area contributed by atoms with E-state index in [0.29, 0.717) is 38.2 Å². The maximum absolute atomic E-state index is 12.4. The highest BCUT2D eigenvalue weighted by atomic mass is 16.5. The van der Waals surface area contributed by atoms with Gasteiger partial charge in [0, 0.05) is 18.5 Å². The average Bonchev–Trinajstić information content (AvgIpc) is 2.61. The SMILES string of the molecule is CCOC(=O)C1(CO/C(=C/N)Nc2ccccc2)CCC(=O)CC1. The highest BCUT2D eigenvalue weighted by molar-refractivity contribution is 5.84. The molecule has 3 N–H and O–H groups in total. The molecule has 6 nitrogen and oxygen atoms in total. The van der Waals surface area contributed by atoms with Crippen LogP contribution in [0.4, 0.5) is 5.69 Å². The summed E-state index contributed by atoms with van der Waals surface area (Å²) in [6.07, 6.45) is 2.94. The lowest BCUT2D eigenvalue weighted by atomic mass is 9.74. The van der Waals surface area contributed by atoms with Crippen LogP contribution >= 0.6 is 0 Å². The van der Waals surface area contributed by atoms with Crippen LogP contribution in [0, 0.1) is 5.41 Å². The molecule has 1 aromatic rings. The van der Waals surface area contributed by atoms with Gasteiger partial charge in [0.25, 0.3) is 0 Å². The third-order valence-electron chi connectivity index (χ3n) is 4.17. The second kappa shape index (κ2) is 8.38. The van der Waals surface area contributed by atoms with E-state index in [1.54, 1.807) is 6.92 Å². The normalized spacial score (nSPS) is 17.2. The van der Waals surface area contributed by atoms with Crippen LogP contribution in [0.1, 0.15) is 32.6 Å². The zero-order valence-electron chi connectivity index (χ0n) is 13.9. The van der Waals surface area contributed by atoms with Gasteiger partial charge in [0.2, 0.25) is 5.88 Å². The fourth-order valence-electron chi connectivity index (χ4n) is 2.70. The van der Waals surface area contributed by atoms with Gasteiger partial charge in [-0.25, -0.2) is 0 Å². The number of benzene rings is 1. The van der Waals surface area contributed by atoms with Crippen molar-refractivity contribution in [2.24, 2.45) is 11.1 Å². The van der Waals surface area contributed by atoms with Gasteiger partial charge in [0.05, 0.1) is 12.8 Å². The molecule has 2 rings (SSSR count). The monoisotopic (exact) mass is 332 g/mol. The van der Waals surface area contributed by atoms with Gasteiger partial charge in [-0.05, 0) is 31.9 Å². The smallest absolute Gasteiger partial charge is 0.315 e. The Morgan fingerprint density at radius 3 is 2.50 bits per heavy atom. The molecule has 130 valence electrons. The topological polar surface area (TPSA) is 90.7 Å². The molecule has 0 heterocycles. The number of hydrogen-bond acceptors (Lipinski definition) is 6. The van der Waals surface area contributed by atoms with Crippen LogP contribution in [-0.2, 0) is 19.1 Å². The lowest BCUT2D eigenvalue weighted by Crippen LogP contribution is -2.41. The minimum atomic E-state index is -0.795. The van der Waals surface area contributed by atoms with Gasteiger partial charge < -0.3 is 20.5 Å². The summed E-state index contributed by atoms with van der Waals surface area (Å²) in [4.78, 5) is 23.9. The van der Waals surface area contributed by atoms with Crippen molar-refractivity contribution in [2.45, 2.75) is 32.6 Å². The largest absolute Gasteiger partial charge is 0.477 e. The van der Waals surface area contributed by atoms with Gasteiger partial charge in [0.15, 0.2) is 0 Å². The minimum absolute atomic E-state index is 0.127. The van der Waals surface area contributed by atoms with Crippen molar-refractivity contribution < 1.29 is 19.1 Å². The number of nitrogens with two attached hydrogens (primary N) is 1. The molecule has 6 heteroatoms. The van der Waals surface area contributed by atoms with Crippen LogP contribution in [0.5, 0.6) is 0 Å². The van der Waals surface area contributed by atoms with Gasteiger partial charge >= 0.3 is 5.97 Å². The van der Waals surface area contributed by atoms with Crippen LogP contribution < -0.4 is 11.1 Å². The molecule has 0 saturated heterocycles. The van der Waals surface area contributed by atoms with E-state index in [1.807, 2.05) is 30.3 Å². The predicted molar refractivity (Wildman–Crippen MR) is 90.8 cm³/mol. The van der Waals surface area contributed by atoms with Gasteiger partial charge in [-0.3, -0.25) is 9.59 Å². The first-order chi connectivity index (χ1) is 11.6. The Hall–Kier alpha value is -2.50. The van der Waals surface area contributed by atoms with E-state index in [9.17, 15) is 9.59 Å². The van der Waals surface area contributed by atoms with Crippen LogP contribution in [0.3, 0.4) is 0 Å². The van der Waals surface area contributed by atoms with Crippen molar-refractivity contribution in [3.8, 4) is 0 Å². The number of ketones is 1. The number of hydrogen-bond donors (Lipinski definition) is 2. The maximum Gasteiger partial charge on any atom is 0.315 e. The van der Waals surface area contributed by atoms with E-state index in [1.165, 1.54) is 6.20 Å². The molecule has 0 atom stereocenters. The van der Waals surface area contributed by atoms with Crippen molar-refractivity contribution in [1.29, 1.82) is 0 Å². The van der Waals surface area contributed by atoms with E-state index in [-0.39, 0.29) is 18.4 Å². The van der Waals surface area contributed by atoms with Crippen molar-refractivity contribution >= 4 is 17.4 Å². The van der Waals surface area contributed by atoms with Crippen LogP contribution in [0.2, 0.25) is 0 Å². The lowest BCUT2D eigenvalue weighted by molar-refractivity contribution is -0.161. The fourth-order valence-corrected chi connectivity index (χ4v) is 2.70. The predicted octanol–water partition coefficient (Wildman–Crippen LogP) is 2.57. The molecule has 0 radical (unpaired) electrons. The Morgan fingerprint density at radius 1 is 1.25 bits per heavy atom. The van der Waals surface area contributed by atoms with Crippen LogP contribution in [0.15, 0.2) is 42.4 Å². The standard InChI is InChI=1S/C18H24N2O4/c1-2-23-17(22)18(10-8-15(21)9-11-18)13-24-16(12-19)20-14-6-4-3-5-7-14/h3-7,12,20H,2,8-11,13,19H2,1H3/b16-12+. The molecule has 24 heavy (non-hydrogen) atoms. The van der Waals surface area contributed by atoms with Crippen molar-refractivity contribution in [3.05, 3.63) is 42.4 Å². The van der Waals surface area contributed by atoms with E-state index in [4.69, 9.17) is 15.2 Å². The van der Waals surface area contributed by atoms with Gasteiger partial charge in [0.1, 0.15) is 17.8 Å². The zero-order valence-corrected chi connectivity index (χ0v) is 13.9. The summed E-state index contributed by atoms with van der Waals surface area (Å²) in [6.45, 7) is 2.20. The summed E-state index contributed by atoms with van der Waals surface area (Å²) >= 11 is 0. The summed E-state index contributed by atoms with van der Waals surface area (Å²) < 4.78 is 11.0. The highest BCUT2D eigenvalue weighted by Crippen LogP contribution is 2.37. The lowest BCUT2D eigenvalue weighted by Gasteiger charge is -2.34. The number of nitrogens with one attached hydrogen (secondary N) is 1. The van der Waals surface area contributed by atoms with Crippen molar-refractivity contribution in [2.75, 3.05) is 18.5 Å². The maximum atomic E-state index is 12.4. The molecule has 0 unspecified atom stereocenters. The first-order valence-electron chi connectivity index (χ1n) is 8.15. The fraction of sp³-hybridized carbons (Fsp3) is 0.444. The number of esters is 1. The Labute approximate surface area is 142 Å². The van der Waals surface area contributed by atoms with E-state index < -0.39 is 5.41 Å². The Kier molecular flexibility index (Phi) is 6.23. The quantitative estimate of drug-likeness (QED) is 0.589. The molecule has 0 spiro atoms. The Bertz CT molecular complexity index is 588. The van der Waals surface area contributed by atoms with Crippen molar-refractivity contribution in [3.63, 3.8) is 0 Å². The summed E-state index contributed by atoms with van der Waals surface area (Å²) in [7, 11) is 0. The number of carbonyl (C=O) groups excluding carboxylic acids is 2. The number of ether oxygens (including phenoxy) is 2. The molecule has 1 aliphatic rings. The summed E-state index contributed by atoms with van der Waals surface area (Å²) in [5.41, 5.74) is 5.65. The summed E-state index contributed by atoms with van der Waals surface area (Å²) in [5, 5.41) is 3.06. The number of Topliss-reactive ketones (excluding diaryl/α,β-unsaturated/α-hetero) is 1. The average molecular weight is 332 g/mol. The number of anilines is 1. The van der Waals surface area contributed by atoms with Crippen molar-refractivity contribution in [1.82, 2.24) is 0 Å². The second-order valence-corrected chi connectivity index (χ2v) is 5.85. The highest BCUT2D eigenvalue weighted by Gasteiger charge is 2.44. The van der Waals surface area contributed by atoms with Crippen LogP contribution in [0.25, 0.3) is 0 Å². The summed E-state index contributed by atoms with van der Waals surface area (Å²) in [5.74, 6) is 0.224. The first kappa shape index (κ1) is 17.8. The molecular weight excluding hydrogens is 308 g/mol. The molecule has 1 aliphatic carbocycles. The number of rotatable bonds is 7. The third kappa shape index (κ3) is 4.50. The Morgan fingerprint density at radius 2 is 1.92 bits per heavy atom. The minimum Gasteiger partial charge on any atom is -0.477 e. The third-order valence-corrected chi connectivity index (χ3v) is 4.17. The molecule has 1 aromatic carbocycles. The number of carbonyl (C=O) groups is 2. The summed E-state index contributed by atoms with van der Waals surface area (Å²) in [6, 6.07) is 9.46. The molecule has 0 amide bonds. The van der Waals surface area contributed by atoms with Gasteiger partial charge in [-0.15, -0.1) is 0 Å². The second-order valence-electron chi connectivity index (χ2n) is 5.85. The van der Waals surface area contributed by atoms with Gasteiger partial charge in [-0.2, -0.15) is 0 Å². The van der Waals surface area contributed by atoms with E-state index in [0.717, 1.165) is 5.69 Å². The molecule has 0 aliphatic heterocycles. The molecule has 0 bridgehead atoms. The van der Waals surface area contributed by atoms with E-state index in [2.05, 4.69) is 5.32 Å². The van der Waals surface area contributed by atoms with Crippen LogP contribution in [-0.4, -0.2) is 25.0 Å². The molecule has 1 saturated carbocycles.